The number of ether oxygens (including phenoxy) is 3. The highest BCUT2D eigenvalue weighted by Gasteiger charge is 2.11. The minimum atomic E-state index is -3.07. The van der Waals surface area contributed by atoms with Crippen molar-refractivity contribution in [2.24, 2.45) is 0 Å². The van der Waals surface area contributed by atoms with Crippen molar-refractivity contribution in [1.29, 1.82) is 0 Å². The molecule has 0 spiro atoms. The van der Waals surface area contributed by atoms with Crippen LogP contribution in [-0.4, -0.2) is 25.4 Å². The van der Waals surface area contributed by atoms with E-state index < -0.39 is 36.4 Å². The van der Waals surface area contributed by atoms with Crippen molar-refractivity contribution in [3.05, 3.63) is 48.0 Å². The SMILES string of the molecule is COc1ccc(F)cc1OC(F)F.Oc1ccc(F)cc1OC(F)F. The molecule has 0 aromatic heterocycles. The molecule has 0 aliphatic carbocycles. The third kappa shape index (κ3) is 7.10. The van der Waals surface area contributed by atoms with Crippen LogP contribution < -0.4 is 14.2 Å². The van der Waals surface area contributed by atoms with E-state index in [1.54, 1.807) is 0 Å². The molecule has 0 fully saturated rings. The summed E-state index contributed by atoms with van der Waals surface area (Å²) in [5.74, 6) is -2.72. The van der Waals surface area contributed by atoms with Gasteiger partial charge in [0.15, 0.2) is 23.0 Å². The van der Waals surface area contributed by atoms with E-state index in [-0.39, 0.29) is 11.5 Å². The Morgan fingerprint density at radius 2 is 1.24 bits per heavy atom. The number of alkyl halides is 4. The van der Waals surface area contributed by atoms with E-state index in [1.807, 2.05) is 0 Å². The zero-order chi connectivity index (χ0) is 19.0. The van der Waals surface area contributed by atoms with E-state index in [1.165, 1.54) is 13.2 Å². The number of benzene rings is 2. The van der Waals surface area contributed by atoms with Gasteiger partial charge in [-0.3, -0.25) is 0 Å². The third-order valence-electron chi connectivity index (χ3n) is 2.48. The number of phenols is 1. The van der Waals surface area contributed by atoms with Gasteiger partial charge in [0.05, 0.1) is 7.11 Å². The molecule has 4 nitrogen and oxygen atoms in total. The number of rotatable bonds is 5. The van der Waals surface area contributed by atoms with Gasteiger partial charge in [0.25, 0.3) is 0 Å². The van der Waals surface area contributed by atoms with E-state index in [9.17, 15) is 26.3 Å². The van der Waals surface area contributed by atoms with Gasteiger partial charge >= 0.3 is 13.2 Å². The van der Waals surface area contributed by atoms with E-state index >= 15 is 0 Å². The molecular weight excluding hydrogens is 358 g/mol. The lowest BCUT2D eigenvalue weighted by molar-refractivity contribution is -0.0520. The second-order valence-corrected chi connectivity index (χ2v) is 4.16. The van der Waals surface area contributed by atoms with Gasteiger partial charge in [0.1, 0.15) is 11.6 Å². The Morgan fingerprint density at radius 3 is 1.76 bits per heavy atom. The molecule has 1 N–H and O–H groups in total. The van der Waals surface area contributed by atoms with Gasteiger partial charge in [-0.15, -0.1) is 0 Å². The van der Waals surface area contributed by atoms with Gasteiger partial charge in [-0.1, -0.05) is 0 Å². The molecule has 2 rings (SSSR count). The summed E-state index contributed by atoms with van der Waals surface area (Å²) in [7, 11) is 1.28. The molecule has 0 aliphatic heterocycles. The third-order valence-corrected chi connectivity index (χ3v) is 2.48. The van der Waals surface area contributed by atoms with E-state index in [0.717, 1.165) is 24.3 Å². The van der Waals surface area contributed by atoms with Gasteiger partial charge in [0.2, 0.25) is 0 Å². The molecule has 0 aliphatic rings. The monoisotopic (exact) mass is 370 g/mol. The molecule has 2 aromatic carbocycles. The number of halogens is 6. The molecule has 10 heteroatoms. The first-order chi connectivity index (χ1) is 11.7. The lowest BCUT2D eigenvalue weighted by Crippen LogP contribution is -2.03. The van der Waals surface area contributed by atoms with Crippen LogP contribution in [0.4, 0.5) is 26.3 Å². The summed E-state index contributed by atoms with van der Waals surface area (Å²) >= 11 is 0. The molecule has 0 saturated carbocycles. The van der Waals surface area contributed by atoms with Gasteiger partial charge in [-0.05, 0) is 24.3 Å². The van der Waals surface area contributed by atoms with Crippen LogP contribution in [0.1, 0.15) is 0 Å². The topological polar surface area (TPSA) is 47.9 Å². The van der Waals surface area contributed by atoms with Crippen molar-refractivity contribution < 1.29 is 45.7 Å². The van der Waals surface area contributed by atoms with Crippen molar-refractivity contribution >= 4 is 0 Å². The molecule has 138 valence electrons. The van der Waals surface area contributed by atoms with Crippen LogP contribution in [0.3, 0.4) is 0 Å². The average Bonchev–Trinajstić information content (AvgIpc) is 2.51. The lowest BCUT2D eigenvalue weighted by Gasteiger charge is -2.08. The van der Waals surface area contributed by atoms with Crippen molar-refractivity contribution in [2.75, 3.05) is 7.11 Å². The van der Waals surface area contributed by atoms with Gasteiger partial charge < -0.3 is 19.3 Å². The van der Waals surface area contributed by atoms with Crippen LogP contribution in [-0.2, 0) is 0 Å². The molecule has 2 aromatic rings. The second-order valence-electron chi connectivity index (χ2n) is 4.16. The number of hydrogen-bond acceptors (Lipinski definition) is 4. The van der Waals surface area contributed by atoms with Gasteiger partial charge in [0, 0.05) is 12.1 Å². The van der Waals surface area contributed by atoms with Crippen molar-refractivity contribution in [1.82, 2.24) is 0 Å². The van der Waals surface area contributed by atoms with Gasteiger partial charge in [-0.25, -0.2) is 8.78 Å². The fraction of sp³-hybridized carbons (Fsp3) is 0.200. The molecule has 0 amide bonds. The number of methoxy groups -OCH3 is 1. The summed E-state index contributed by atoms with van der Waals surface area (Å²) in [6.07, 6.45) is 0. The summed E-state index contributed by atoms with van der Waals surface area (Å²) in [6.45, 7) is -6.06. The molecule has 0 radical (unpaired) electrons. The summed E-state index contributed by atoms with van der Waals surface area (Å²) in [5, 5.41) is 8.86. The lowest BCUT2D eigenvalue weighted by atomic mass is 10.3. The molecule has 25 heavy (non-hydrogen) atoms. The predicted octanol–water partition coefficient (Wildman–Crippen LogP) is 4.57. The Labute approximate surface area is 138 Å². The van der Waals surface area contributed by atoms with Crippen LogP contribution >= 0.6 is 0 Å². The number of hydrogen-bond donors (Lipinski definition) is 1. The van der Waals surface area contributed by atoms with Crippen LogP contribution in [0.15, 0.2) is 36.4 Å². The molecular formula is C15H12F6O4. The van der Waals surface area contributed by atoms with Crippen LogP contribution in [0.25, 0.3) is 0 Å². The Kier molecular flexibility index (Phi) is 7.70. The Balaban J connectivity index is 0.000000251. The van der Waals surface area contributed by atoms with Crippen LogP contribution in [0.5, 0.6) is 23.0 Å². The molecule has 0 atom stereocenters. The quantitative estimate of drug-likeness (QED) is 0.784. The Hall–Kier alpha value is -2.78. The fourth-order valence-corrected chi connectivity index (χ4v) is 1.52. The normalized spacial score (nSPS) is 10.3. The maximum Gasteiger partial charge on any atom is 0.387 e. The summed E-state index contributed by atoms with van der Waals surface area (Å²) in [4.78, 5) is 0. The first kappa shape index (κ1) is 20.3. The number of phenolic OH excluding ortho intramolecular Hbond substituents is 1. The highest BCUT2D eigenvalue weighted by atomic mass is 19.3. The Bertz CT molecular complexity index is 681. The summed E-state index contributed by atoms with van der Waals surface area (Å²) in [6, 6.07) is 5.71. The molecule has 0 heterocycles. The molecule has 0 unspecified atom stereocenters. The average molecular weight is 370 g/mol. The van der Waals surface area contributed by atoms with E-state index in [0.29, 0.717) is 6.07 Å². The minimum absolute atomic E-state index is 0.0710. The summed E-state index contributed by atoms with van der Waals surface area (Å²) < 4.78 is 84.1. The largest absolute Gasteiger partial charge is 0.504 e. The minimum Gasteiger partial charge on any atom is -0.504 e. The standard InChI is InChI=1S/C8H7F3O2.C7H5F3O2/c1-12-6-3-2-5(9)4-7(6)13-8(10)11;8-4-1-2-5(11)6(3-4)12-7(9)10/h2-4,8H,1H3;1-3,7,11H. The van der Waals surface area contributed by atoms with Crippen molar-refractivity contribution in [2.45, 2.75) is 13.2 Å². The van der Waals surface area contributed by atoms with Crippen molar-refractivity contribution in [3.8, 4) is 23.0 Å². The smallest absolute Gasteiger partial charge is 0.387 e. The zero-order valence-corrected chi connectivity index (χ0v) is 12.6. The Morgan fingerprint density at radius 1 is 0.760 bits per heavy atom. The van der Waals surface area contributed by atoms with E-state index in [4.69, 9.17) is 5.11 Å². The fourth-order valence-electron chi connectivity index (χ4n) is 1.52. The predicted molar refractivity (Wildman–Crippen MR) is 74.3 cm³/mol. The zero-order valence-electron chi connectivity index (χ0n) is 12.6. The first-order valence-corrected chi connectivity index (χ1v) is 6.44. The molecule has 0 saturated heterocycles. The van der Waals surface area contributed by atoms with Crippen LogP contribution in [0, 0.1) is 11.6 Å². The summed E-state index contributed by atoms with van der Waals surface area (Å²) in [5.41, 5.74) is 0. The van der Waals surface area contributed by atoms with E-state index in [2.05, 4.69) is 14.2 Å². The van der Waals surface area contributed by atoms with Gasteiger partial charge in [-0.2, -0.15) is 17.6 Å². The maximum absolute atomic E-state index is 12.6. The maximum atomic E-state index is 12.6. The highest BCUT2D eigenvalue weighted by molar-refractivity contribution is 5.40. The number of aromatic hydroxyl groups is 1. The molecule has 0 bridgehead atoms. The second kappa shape index (κ2) is 9.50. The highest BCUT2D eigenvalue weighted by Crippen LogP contribution is 2.29. The van der Waals surface area contributed by atoms with Crippen LogP contribution in [0.2, 0.25) is 0 Å². The first-order valence-electron chi connectivity index (χ1n) is 6.44. The van der Waals surface area contributed by atoms with Crippen molar-refractivity contribution in [3.63, 3.8) is 0 Å².